The molecule has 1 amide bonds. The largest absolute Gasteiger partial charge is 0.387 e. The molecule has 0 radical (unpaired) electrons. The lowest BCUT2D eigenvalue weighted by Gasteiger charge is -2.39. The van der Waals surface area contributed by atoms with E-state index in [4.69, 9.17) is 5.26 Å². The summed E-state index contributed by atoms with van der Waals surface area (Å²) in [6, 6.07) is 8.86. The van der Waals surface area contributed by atoms with Crippen LogP contribution in [0.3, 0.4) is 0 Å². The number of carbonyl (C=O) groups is 1. The van der Waals surface area contributed by atoms with Crippen LogP contribution >= 0.6 is 0 Å². The van der Waals surface area contributed by atoms with Crippen LogP contribution in [0.4, 0.5) is 14.5 Å². The van der Waals surface area contributed by atoms with Crippen LogP contribution in [0.25, 0.3) is 16.9 Å². The number of aliphatic hydroxyl groups is 1. The van der Waals surface area contributed by atoms with Crippen LogP contribution < -0.4 is 10.6 Å². The van der Waals surface area contributed by atoms with E-state index in [1.807, 2.05) is 6.07 Å². The highest BCUT2D eigenvalue weighted by atomic mass is 19.1. The van der Waals surface area contributed by atoms with Crippen molar-refractivity contribution < 1.29 is 18.7 Å². The number of amides is 1. The maximum Gasteiger partial charge on any atom is 0.255 e. The first kappa shape index (κ1) is 23.6. The van der Waals surface area contributed by atoms with Gasteiger partial charge in [-0.15, -0.1) is 0 Å². The third-order valence-corrected chi connectivity index (χ3v) is 5.95. The van der Waals surface area contributed by atoms with Crippen molar-refractivity contribution in [3.05, 3.63) is 47.8 Å². The summed E-state index contributed by atoms with van der Waals surface area (Å²) in [5.74, 6) is -0.562. The van der Waals surface area contributed by atoms with Gasteiger partial charge in [-0.1, -0.05) is 0 Å². The average molecular weight is 469 g/mol. The Kier molecular flexibility index (Phi) is 6.00. The topological polar surface area (TPSA) is 115 Å². The summed E-state index contributed by atoms with van der Waals surface area (Å²) in [5.41, 5.74) is 0.0517. The lowest BCUT2D eigenvalue weighted by Crippen LogP contribution is -2.45. The molecule has 1 aliphatic carbocycles. The number of nitriles is 1. The zero-order valence-corrected chi connectivity index (χ0v) is 19.1. The zero-order chi connectivity index (χ0) is 24.7. The van der Waals surface area contributed by atoms with Gasteiger partial charge >= 0.3 is 0 Å². The van der Waals surface area contributed by atoms with Crippen molar-refractivity contribution in [2.24, 2.45) is 0 Å². The summed E-state index contributed by atoms with van der Waals surface area (Å²) in [7, 11) is 0. The van der Waals surface area contributed by atoms with Crippen LogP contribution in [0.1, 0.15) is 49.5 Å². The van der Waals surface area contributed by atoms with Gasteiger partial charge in [0.15, 0.2) is 0 Å². The molecular formula is C24H26F2N6O2. The van der Waals surface area contributed by atoms with Gasteiger partial charge < -0.3 is 15.7 Å². The lowest BCUT2D eigenvalue weighted by molar-refractivity contribution is -0.00177. The molecule has 8 nitrogen and oxygen atoms in total. The van der Waals surface area contributed by atoms with Crippen LogP contribution in [0.2, 0.25) is 0 Å². The average Bonchev–Trinajstić information content (AvgIpc) is 3.18. The molecule has 0 aliphatic heterocycles. The fourth-order valence-corrected chi connectivity index (χ4v) is 3.97. The van der Waals surface area contributed by atoms with Crippen LogP contribution in [0, 0.1) is 11.3 Å². The lowest BCUT2D eigenvalue weighted by atomic mass is 9.78. The Bertz CT molecular complexity index is 1270. The van der Waals surface area contributed by atoms with Gasteiger partial charge in [0.2, 0.25) is 0 Å². The molecule has 3 aromatic heterocycles. The van der Waals surface area contributed by atoms with Gasteiger partial charge in [0.25, 0.3) is 5.91 Å². The van der Waals surface area contributed by atoms with Crippen molar-refractivity contribution >= 4 is 17.1 Å². The van der Waals surface area contributed by atoms with Crippen LogP contribution in [0.15, 0.2) is 36.7 Å². The fourth-order valence-electron chi connectivity index (χ4n) is 3.97. The first-order valence-corrected chi connectivity index (χ1v) is 11.0. The van der Waals surface area contributed by atoms with E-state index >= 15 is 0 Å². The Hall–Kier alpha value is -3.58. The quantitative estimate of drug-likeness (QED) is 0.490. The van der Waals surface area contributed by atoms with E-state index < -0.39 is 23.3 Å². The van der Waals surface area contributed by atoms with Gasteiger partial charge in [-0.3, -0.25) is 9.78 Å². The Labute approximate surface area is 195 Å². The molecule has 0 aromatic carbocycles. The van der Waals surface area contributed by atoms with Gasteiger partial charge in [0.05, 0.1) is 52.1 Å². The summed E-state index contributed by atoms with van der Waals surface area (Å²) in [4.78, 5) is 17.2. The number of hydrogen-bond donors (Lipinski definition) is 3. The van der Waals surface area contributed by atoms with Crippen LogP contribution in [-0.4, -0.2) is 55.6 Å². The number of alkyl halides is 2. The van der Waals surface area contributed by atoms with E-state index in [2.05, 4.69) is 20.7 Å². The number of anilines is 1. The molecule has 0 spiro atoms. The predicted molar refractivity (Wildman–Crippen MR) is 123 cm³/mol. The molecule has 1 aliphatic rings. The number of fused-ring (bicyclic) bond motifs is 1. The van der Waals surface area contributed by atoms with Crippen molar-refractivity contribution in [2.75, 3.05) is 11.9 Å². The van der Waals surface area contributed by atoms with Crippen molar-refractivity contribution in [3.8, 4) is 17.5 Å². The summed E-state index contributed by atoms with van der Waals surface area (Å²) >= 11 is 0. The second-order valence-electron chi connectivity index (χ2n) is 9.52. The molecular weight excluding hydrogens is 442 g/mol. The first-order valence-electron chi connectivity index (χ1n) is 11.0. The minimum atomic E-state index is -1.66. The Morgan fingerprint density at radius 1 is 1.38 bits per heavy atom. The van der Waals surface area contributed by atoms with Crippen molar-refractivity contribution in [3.63, 3.8) is 0 Å². The molecule has 1 unspecified atom stereocenters. The maximum atomic E-state index is 14.1. The summed E-state index contributed by atoms with van der Waals surface area (Å²) in [6.07, 6.45) is 1.76. The predicted octanol–water partition coefficient (Wildman–Crippen LogP) is 3.41. The molecule has 3 heterocycles. The van der Waals surface area contributed by atoms with Gasteiger partial charge in [0, 0.05) is 25.1 Å². The third kappa shape index (κ3) is 4.84. The maximum absolute atomic E-state index is 14.1. The molecule has 34 heavy (non-hydrogen) atoms. The fraction of sp³-hybridized carbons (Fsp3) is 0.417. The SMILES string of the molecule is CC1(F)CC(Nc2cc(-c3ccc4cc(C#N)cnn34)ncc2C(=O)NCC(F)C(C)(C)O)C1. The Morgan fingerprint density at radius 3 is 2.76 bits per heavy atom. The van der Waals surface area contributed by atoms with Gasteiger partial charge in [0.1, 0.15) is 17.9 Å². The Balaban J connectivity index is 1.65. The summed E-state index contributed by atoms with van der Waals surface area (Å²) < 4.78 is 29.8. The molecule has 4 rings (SSSR count). The van der Waals surface area contributed by atoms with E-state index in [9.17, 15) is 18.7 Å². The van der Waals surface area contributed by atoms with Gasteiger partial charge in [-0.05, 0) is 45.0 Å². The van der Waals surface area contributed by atoms with Crippen LogP contribution in [0.5, 0.6) is 0 Å². The summed E-state index contributed by atoms with van der Waals surface area (Å²) in [5, 5.41) is 28.9. The smallest absolute Gasteiger partial charge is 0.255 e. The van der Waals surface area contributed by atoms with Crippen molar-refractivity contribution in [1.29, 1.82) is 5.26 Å². The number of nitrogens with zero attached hydrogens (tertiary/aromatic N) is 4. The Morgan fingerprint density at radius 2 is 2.12 bits per heavy atom. The number of nitrogens with one attached hydrogen (secondary N) is 2. The van der Waals surface area contributed by atoms with Crippen molar-refractivity contribution in [2.45, 2.75) is 57.1 Å². The molecule has 178 valence electrons. The second-order valence-corrected chi connectivity index (χ2v) is 9.52. The number of halogens is 2. The molecule has 1 fully saturated rings. The van der Waals surface area contributed by atoms with E-state index in [1.165, 1.54) is 33.2 Å². The molecule has 0 saturated heterocycles. The highest BCUT2D eigenvalue weighted by Crippen LogP contribution is 2.38. The van der Waals surface area contributed by atoms with Gasteiger partial charge in [-0.2, -0.15) is 10.4 Å². The normalized spacial score (nSPS) is 20.9. The minimum absolute atomic E-state index is 0.164. The van der Waals surface area contributed by atoms with E-state index in [-0.39, 0.29) is 18.2 Å². The summed E-state index contributed by atoms with van der Waals surface area (Å²) in [6.45, 7) is 3.81. The molecule has 1 atom stereocenters. The number of hydrogen-bond acceptors (Lipinski definition) is 6. The molecule has 3 N–H and O–H groups in total. The van der Waals surface area contributed by atoms with E-state index in [1.54, 1.807) is 28.8 Å². The first-order chi connectivity index (χ1) is 16.0. The highest BCUT2D eigenvalue weighted by Gasteiger charge is 2.41. The van der Waals surface area contributed by atoms with Crippen molar-refractivity contribution in [1.82, 2.24) is 19.9 Å². The molecule has 10 heteroatoms. The monoisotopic (exact) mass is 468 g/mol. The van der Waals surface area contributed by atoms with Gasteiger partial charge in [-0.25, -0.2) is 13.3 Å². The second kappa shape index (κ2) is 8.65. The molecule has 1 saturated carbocycles. The molecule has 3 aromatic rings. The minimum Gasteiger partial charge on any atom is -0.387 e. The number of rotatable bonds is 7. The van der Waals surface area contributed by atoms with Crippen LogP contribution in [-0.2, 0) is 0 Å². The number of carbonyl (C=O) groups excluding carboxylic acids is 1. The zero-order valence-electron chi connectivity index (χ0n) is 19.1. The number of aromatic nitrogens is 3. The third-order valence-electron chi connectivity index (χ3n) is 5.95. The molecule has 0 bridgehead atoms. The standard InChI is InChI=1S/C24H26F2N6O2/c1-23(2,34)21(25)13-29-22(33)17-12-28-19(7-18(17)31-15-8-24(3,26)9-15)20-5-4-16-6-14(10-27)11-30-32(16)20/h4-7,11-12,15,21,34H,8-9,13H2,1-3H3,(H,28,31)(H,29,33). The number of pyridine rings is 1. The van der Waals surface area contributed by atoms with E-state index in [0.717, 1.165) is 0 Å². The highest BCUT2D eigenvalue weighted by molar-refractivity contribution is 6.00. The van der Waals surface area contributed by atoms with E-state index in [0.29, 0.717) is 41.0 Å².